The predicted molar refractivity (Wildman–Crippen MR) is 257 cm³/mol. The highest BCUT2D eigenvalue weighted by molar-refractivity contribution is 7.19. The van der Waals surface area contributed by atoms with Crippen molar-refractivity contribution in [2.45, 2.75) is 6.17 Å². The van der Waals surface area contributed by atoms with E-state index in [2.05, 4.69) is 253 Å². The Bertz CT molecular complexity index is 2980. The lowest BCUT2D eigenvalue weighted by Gasteiger charge is -2.34. The van der Waals surface area contributed by atoms with Crippen molar-refractivity contribution in [3.63, 3.8) is 0 Å². The van der Waals surface area contributed by atoms with Gasteiger partial charge >= 0.3 is 0 Å². The van der Waals surface area contributed by atoms with Gasteiger partial charge in [0.1, 0.15) is 6.17 Å². The van der Waals surface area contributed by atoms with E-state index in [0.29, 0.717) is 0 Å². The molecule has 10 aromatic carbocycles. The highest BCUT2D eigenvalue weighted by atomic mass is 28.3. The van der Waals surface area contributed by atoms with E-state index in [1.807, 2.05) is 0 Å². The molecule has 284 valence electrons. The molecule has 3 heteroatoms. The van der Waals surface area contributed by atoms with Gasteiger partial charge < -0.3 is 10.2 Å². The van der Waals surface area contributed by atoms with E-state index in [1.54, 1.807) is 0 Å². The summed E-state index contributed by atoms with van der Waals surface area (Å²) in [5, 5.41) is 14.3. The first kappa shape index (κ1) is 35.7. The average molecular weight is 783 g/mol. The van der Waals surface area contributed by atoms with Crippen LogP contribution in [0.15, 0.2) is 243 Å². The summed E-state index contributed by atoms with van der Waals surface area (Å²) in [7, 11) is -2.75. The van der Waals surface area contributed by atoms with Crippen LogP contribution in [0.1, 0.15) is 11.7 Å². The number of nitrogens with zero attached hydrogens (tertiary/aromatic N) is 1. The Morgan fingerprint density at radius 1 is 0.350 bits per heavy atom. The van der Waals surface area contributed by atoms with Crippen LogP contribution >= 0.6 is 0 Å². The third-order valence-electron chi connectivity index (χ3n) is 12.4. The average Bonchev–Trinajstić information content (AvgIpc) is 3.72. The van der Waals surface area contributed by atoms with Gasteiger partial charge in [0.2, 0.25) is 0 Å². The zero-order chi connectivity index (χ0) is 39.9. The first-order chi connectivity index (χ1) is 29.8. The Morgan fingerprint density at radius 3 is 1.30 bits per heavy atom. The van der Waals surface area contributed by atoms with Crippen molar-refractivity contribution < 1.29 is 0 Å². The number of para-hydroxylation sites is 2. The monoisotopic (exact) mass is 782 g/mol. The number of benzene rings is 10. The minimum Gasteiger partial charge on any atom is -0.359 e. The van der Waals surface area contributed by atoms with Crippen molar-refractivity contribution >= 4 is 67.4 Å². The summed E-state index contributed by atoms with van der Waals surface area (Å²) in [4.78, 5) is 2.45. The molecule has 0 amide bonds. The van der Waals surface area contributed by atoms with Gasteiger partial charge in [-0.2, -0.15) is 0 Å². The topological polar surface area (TPSA) is 15.3 Å². The van der Waals surface area contributed by atoms with Gasteiger partial charge in [0.05, 0.1) is 11.4 Å². The van der Waals surface area contributed by atoms with Gasteiger partial charge in [-0.3, -0.25) is 0 Å². The van der Waals surface area contributed by atoms with E-state index >= 15 is 0 Å². The Balaban J connectivity index is 1.13. The summed E-state index contributed by atoms with van der Waals surface area (Å²) < 4.78 is 0. The van der Waals surface area contributed by atoms with Crippen LogP contribution in [0.4, 0.5) is 17.1 Å². The van der Waals surface area contributed by atoms with Gasteiger partial charge in [0.15, 0.2) is 8.07 Å². The molecule has 1 heterocycles. The molecule has 1 atom stereocenters. The van der Waals surface area contributed by atoms with Crippen molar-refractivity contribution in [1.82, 2.24) is 0 Å². The minimum absolute atomic E-state index is 0.0275. The minimum atomic E-state index is -2.75. The molecule has 0 radical (unpaired) electrons. The van der Waals surface area contributed by atoms with Crippen molar-refractivity contribution in [1.29, 1.82) is 0 Å². The molecule has 10 aromatic rings. The number of rotatable bonds is 8. The quantitative estimate of drug-likeness (QED) is 0.0938. The van der Waals surface area contributed by atoms with Gasteiger partial charge in [-0.05, 0) is 94.4 Å². The molecule has 0 aromatic heterocycles. The van der Waals surface area contributed by atoms with E-state index in [1.165, 1.54) is 75.8 Å². The normalized spacial score (nSPS) is 13.6. The molecule has 11 rings (SSSR count). The van der Waals surface area contributed by atoms with Crippen LogP contribution in [0.2, 0.25) is 0 Å². The predicted octanol–water partition coefficient (Wildman–Crippen LogP) is 12.0. The molecule has 0 fully saturated rings. The fraction of sp³-hybridized carbons (Fsp3) is 0.0175. The molecule has 0 saturated carbocycles. The van der Waals surface area contributed by atoms with Crippen molar-refractivity contribution in [3.05, 3.63) is 248 Å². The maximum atomic E-state index is 3.82. The van der Waals surface area contributed by atoms with Crippen molar-refractivity contribution in [3.8, 4) is 22.3 Å². The van der Waals surface area contributed by atoms with Gasteiger partial charge in [-0.25, -0.2) is 0 Å². The second kappa shape index (κ2) is 15.0. The molecule has 0 bridgehead atoms. The molecular weight excluding hydrogens is 741 g/mol. The zero-order valence-electron chi connectivity index (χ0n) is 33.1. The number of hydrogen-bond acceptors (Lipinski definition) is 2. The van der Waals surface area contributed by atoms with Crippen molar-refractivity contribution in [2.24, 2.45) is 0 Å². The molecular formula is C57H42N2Si. The Morgan fingerprint density at radius 2 is 0.767 bits per heavy atom. The standard InChI is InChI=1S/C57H42N2Si/c1-5-21-41(22-6-1)57-58-53-37-17-18-38-54(53)59(57)44-25-19-23-42(39-44)55-49-33-13-15-35-51(49)56(52-36-16-14-34-50(52)55)43-24-20-32-48(40-43)60(45-26-7-2-8-27-45,46-28-9-3-10-29-46)47-30-11-4-12-31-47/h1-40,57-58H. The number of nitrogens with one attached hydrogen (secondary N) is 1. The zero-order valence-corrected chi connectivity index (χ0v) is 34.1. The van der Waals surface area contributed by atoms with E-state index < -0.39 is 8.07 Å². The van der Waals surface area contributed by atoms with E-state index in [-0.39, 0.29) is 6.17 Å². The van der Waals surface area contributed by atoms with Crippen LogP contribution in [0.3, 0.4) is 0 Å². The van der Waals surface area contributed by atoms with Crippen LogP contribution in [0.5, 0.6) is 0 Å². The van der Waals surface area contributed by atoms with Crippen LogP contribution in [0, 0.1) is 0 Å². The molecule has 1 aliphatic heterocycles. The first-order valence-corrected chi connectivity index (χ1v) is 22.8. The van der Waals surface area contributed by atoms with Crippen LogP contribution < -0.4 is 31.0 Å². The molecule has 0 saturated heterocycles. The molecule has 1 N–H and O–H groups in total. The third-order valence-corrected chi connectivity index (χ3v) is 17.2. The largest absolute Gasteiger partial charge is 0.359 e. The summed E-state index contributed by atoms with van der Waals surface area (Å²) in [5.74, 6) is 0. The van der Waals surface area contributed by atoms with Gasteiger partial charge in [0.25, 0.3) is 0 Å². The first-order valence-electron chi connectivity index (χ1n) is 20.8. The Labute approximate surface area is 352 Å². The molecule has 1 unspecified atom stereocenters. The lowest BCUT2D eigenvalue weighted by molar-refractivity contribution is 0.828. The third kappa shape index (κ3) is 5.85. The molecule has 1 aliphatic rings. The summed E-state index contributed by atoms with van der Waals surface area (Å²) in [5.41, 5.74) is 9.62. The van der Waals surface area contributed by atoms with E-state index in [0.717, 1.165) is 11.4 Å². The highest BCUT2D eigenvalue weighted by Crippen LogP contribution is 2.48. The van der Waals surface area contributed by atoms with E-state index in [9.17, 15) is 0 Å². The second-order valence-electron chi connectivity index (χ2n) is 15.7. The summed E-state index contributed by atoms with van der Waals surface area (Å²) in [6, 6.07) is 89.6. The van der Waals surface area contributed by atoms with Gasteiger partial charge in [-0.1, -0.05) is 218 Å². The smallest absolute Gasteiger partial charge is 0.179 e. The highest BCUT2D eigenvalue weighted by Gasteiger charge is 2.41. The van der Waals surface area contributed by atoms with Gasteiger partial charge in [0, 0.05) is 5.69 Å². The molecule has 60 heavy (non-hydrogen) atoms. The summed E-state index contributed by atoms with van der Waals surface area (Å²) >= 11 is 0. The molecule has 2 nitrogen and oxygen atoms in total. The van der Waals surface area contributed by atoms with Gasteiger partial charge in [-0.15, -0.1) is 0 Å². The van der Waals surface area contributed by atoms with E-state index in [4.69, 9.17) is 0 Å². The molecule has 0 spiro atoms. The maximum absolute atomic E-state index is 3.82. The fourth-order valence-corrected chi connectivity index (χ4v) is 14.6. The molecule has 0 aliphatic carbocycles. The number of fused-ring (bicyclic) bond motifs is 3. The van der Waals surface area contributed by atoms with Crippen LogP contribution in [-0.2, 0) is 0 Å². The number of hydrogen-bond donors (Lipinski definition) is 1. The van der Waals surface area contributed by atoms with Crippen LogP contribution in [0.25, 0.3) is 43.8 Å². The fourth-order valence-electron chi connectivity index (χ4n) is 9.85. The Hall–Kier alpha value is -7.46. The Kier molecular flexibility index (Phi) is 8.95. The summed E-state index contributed by atoms with van der Waals surface area (Å²) in [6.07, 6.45) is -0.0275. The maximum Gasteiger partial charge on any atom is 0.179 e. The lowest BCUT2D eigenvalue weighted by atomic mass is 9.86. The van der Waals surface area contributed by atoms with Crippen LogP contribution in [-0.4, -0.2) is 8.07 Å². The number of anilines is 3. The lowest BCUT2D eigenvalue weighted by Crippen LogP contribution is -2.74. The second-order valence-corrected chi connectivity index (χ2v) is 19.5. The summed E-state index contributed by atoms with van der Waals surface area (Å²) in [6.45, 7) is 0. The SMILES string of the molecule is c1ccc(C2Nc3ccccc3N2c2cccc(-c3c4ccccc4c(-c4cccc([Si](c5ccccc5)(c5ccccc5)c5ccccc5)c4)c4ccccc34)c2)cc1. The van der Waals surface area contributed by atoms with Crippen molar-refractivity contribution in [2.75, 3.05) is 10.2 Å².